The summed E-state index contributed by atoms with van der Waals surface area (Å²) in [4.78, 5) is 70.9. The fraction of sp³-hybridized carbons (Fsp3) is 0.175. The van der Waals surface area contributed by atoms with Gasteiger partial charge in [-0.2, -0.15) is 9.78 Å². The highest BCUT2D eigenvalue weighted by molar-refractivity contribution is 5.94. The molecular formula is C40H38N10O6. The van der Waals surface area contributed by atoms with Crippen LogP contribution in [0.3, 0.4) is 0 Å². The molecule has 0 aliphatic carbocycles. The van der Waals surface area contributed by atoms with Crippen molar-refractivity contribution in [2.24, 2.45) is 5.10 Å². The molecule has 0 saturated heterocycles. The largest absolute Gasteiger partial charge is 0.493 e. The number of rotatable bonds is 15. The summed E-state index contributed by atoms with van der Waals surface area (Å²) in [5, 5.41) is 24.3. The Bertz CT molecular complexity index is 2520. The quantitative estimate of drug-likeness (QED) is 0.0766. The van der Waals surface area contributed by atoms with E-state index in [-0.39, 0.29) is 31.7 Å². The minimum atomic E-state index is -1.17. The molecule has 56 heavy (non-hydrogen) atoms. The van der Waals surface area contributed by atoms with Crippen molar-refractivity contribution >= 4 is 45.9 Å². The number of ether oxygens (including phenoxy) is 1. The molecule has 0 fully saturated rings. The molecule has 7 rings (SSSR count). The monoisotopic (exact) mass is 754 g/mol. The minimum absolute atomic E-state index is 0.0685. The van der Waals surface area contributed by atoms with Crippen LogP contribution in [0.4, 0.5) is 4.79 Å². The molecule has 0 bridgehead atoms. The van der Waals surface area contributed by atoms with Crippen molar-refractivity contribution < 1.29 is 24.2 Å². The first kappa shape index (κ1) is 36.9. The SMILES string of the molecule is O=C(NC(Cc1c[nH]c2ccccc12)C(=O)NC(Cc1c[nH]c2ccccc12)C(=O)NC(C=Nn1cc(O)[nH]c1=O)Cc1ccccc1)OCc1cnccn1. The number of carbonyl (C=O) groups excluding carboxylic acids is 3. The first-order valence-corrected chi connectivity index (χ1v) is 17.8. The number of hydrogen-bond acceptors (Lipinski definition) is 9. The Morgan fingerprint density at radius 3 is 2.05 bits per heavy atom. The summed E-state index contributed by atoms with van der Waals surface area (Å²) in [5.41, 5.74) is 3.86. The van der Waals surface area contributed by atoms with Gasteiger partial charge in [-0.3, -0.25) is 24.5 Å². The zero-order valence-electron chi connectivity index (χ0n) is 29.9. The molecule has 0 aliphatic heterocycles. The smallest absolute Gasteiger partial charge is 0.408 e. The van der Waals surface area contributed by atoms with E-state index in [0.29, 0.717) is 5.69 Å². The van der Waals surface area contributed by atoms with Crippen molar-refractivity contribution in [1.29, 1.82) is 0 Å². The van der Waals surface area contributed by atoms with Crippen molar-refractivity contribution in [3.8, 4) is 5.88 Å². The average molecular weight is 755 g/mol. The molecule has 4 heterocycles. The maximum atomic E-state index is 14.4. The predicted octanol–water partition coefficient (Wildman–Crippen LogP) is 3.46. The molecule has 0 radical (unpaired) electrons. The highest BCUT2D eigenvalue weighted by Crippen LogP contribution is 2.21. The molecule has 3 amide bonds. The van der Waals surface area contributed by atoms with Crippen molar-refractivity contribution in [2.45, 2.75) is 44.0 Å². The van der Waals surface area contributed by atoms with E-state index in [0.717, 1.165) is 49.4 Å². The zero-order chi connectivity index (χ0) is 38.9. The number of carbonyl (C=O) groups is 3. The van der Waals surface area contributed by atoms with Gasteiger partial charge in [0.2, 0.25) is 17.7 Å². The van der Waals surface area contributed by atoms with E-state index >= 15 is 0 Å². The van der Waals surface area contributed by atoms with Crippen molar-refractivity contribution in [3.05, 3.63) is 149 Å². The van der Waals surface area contributed by atoms with Gasteiger partial charge < -0.3 is 35.8 Å². The van der Waals surface area contributed by atoms with E-state index < -0.39 is 41.7 Å². The molecule has 7 aromatic rings. The number of fused-ring (bicyclic) bond motifs is 2. The third-order valence-electron chi connectivity index (χ3n) is 9.09. The lowest BCUT2D eigenvalue weighted by Crippen LogP contribution is -2.56. The van der Waals surface area contributed by atoms with E-state index in [1.807, 2.05) is 78.9 Å². The Morgan fingerprint density at radius 1 is 0.804 bits per heavy atom. The van der Waals surface area contributed by atoms with Gasteiger partial charge in [0.1, 0.15) is 18.7 Å². The zero-order valence-corrected chi connectivity index (χ0v) is 29.9. The molecule has 4 aromatic heterocycles. The van der Waals surface area contributed by atoms with Crippen LogP contribution in [0.25, 0.3) is 21.8 Å². The Labute approximate surface area is 319 Å². The second kappa shape index (κ2) is 17.1. The van der Waals surface area contributed by atoms with Gasteiger partial charge in [0.15, 0.2) is 0 Å². The van der Waals surface area contributed by atoms with Gasteiger partial charge in [-0.25, -0.2) is 9.59 Å². The van der Waals surface area contributed by atoms with Gasteiger partial charge in [-0.05, 0) is 35.2 Å². The first-order chi connectivity index (χ1) is 27.3. The maximum absolute atomic E-state index is 14.4. The molecule has 0 aliphatic rings. The Morgan fingerprint density at radius 2 is 1.43 bits per heavy atom. The number of para-hydroxylation sites is 2. The molecule has 3 atom stereocenters. The Kier molecular flexibility index (Phi) is 11.3. The van der Waals surface area contributed by atoms with Gasteiger partial charge in [0.25, 0.3) is 0 Å². The van der Waals surface area contributed by atoms with Crippen LogP contribution in [0.15, 0.2) is 126 Å². The Hall–Kier alpha value is -7.49. The molecule has 16 heteroatoms. The molecule has 284 valence electrons. The van der Waals surface area contributed by atoms with Crippen LogP contribution in [-0.4, -0.2) is 77.0 Å². The van der Waals surface area contributed by atoms with Gasteiger partial charge in [0, 0.05) is 65.6 Å². The summed E-state index contributed by atoms with van der Waals surface area (Å²) in [5.74, 6) is -1.54. The molecule has 3 unspecified atom stereocenters. The summed E-state index contributed by atoms with van der Waals surface area (Å²) in [6.45, 7) is -0.175. The molecule has 0 saturated carbocycles. The Balaban J connectivity index is 1.17. The lowest BCUT2D eigenvalue weighted by Gasteiger charge is -2.25. The number of H-pyrrole nitrogens is 3. The maximum Gasteiger partial charge on any atom is 0.408 e. The minimum Gasteiger partial charge on any atom is -0.493 e. The second-order valence-corrected chi connectivity index (χ2v) is 13.0. The average Bonchev–Trinajstić information content (AvgIpc) is 3.92. The predicted molar refractivity (Wildman–Crippen MR) is 208 cm³/mol. The van der Waals surface area contributed by atoms with E-state index in [1.165, 1.54) is 24.8 Å². The standard InChI is InChI=1S/C40H38N10O6/c51-36-23-50(39(54)49-36)45-22-28(16-25-8-2-1-3-9-25)46-37(52)34(17-26-19-43-32-12-6-4-10-30(26)32)47-38(53)35(18-27-20-44-33-13-7-5-11-31(27)33)48-40(55)56-24-29-21-41-14-15-42-29/h1-15,19-23,28,34-35,43-44,51H,16-18,24H2,(H,46,52)(H,47,53)(H,48,55)(H,49,54). The summed E-state index contributed by atoms with van der Waals surface area (Å²) in [6, 6.07) is 21.5. The lowest BCUT2D eigenvalue weighted by atomic mass is 10.0. The van der Waals surface area contributed by atoms with Crippen LogP contribution in [0.5, 0.6) is 5.88 Å². The number of benzene rings is 3. The number of aromatic hydroxyl groups is 1. The second-order valence-electron chi connectivity index (χ2n) is 13.0. The highest BCUT2D eigenvalue weighted by Gasteiger charge is 2.30. The van der Waals surface area contributed by atoms with E-state index in [9.17, 15) is 24.3 Å². The third-order valence-corrected chi connectivity index (χ3v) is 9.09. The molecule has 3 aromatic carbocycles. The summed E-state index contributed by atoms with van der Waals surface area (Å²) in [6.07, 6.45) is 10.1. The molecular weight excluding hydrogens is 717 g/mol. The number of aromatic amines is 3. The number of imidazole rings is 1. The van der Waals surface area contributed by atoms with Crippen molar-refractivity contribution in [2.75, 3.05) is 0 Å². The highest BCUT2D eigenvalue weighted by atomic mass is 16.5. The first-order valence-electron chi connectivity index (χ1n) is 17.8. The van der Waals surface area contributed by atoms with Crippen molar-refractivity contribution in [3.63, 3.8) is 0 Å². The molecule has 7 N–H and O–H groups in total. The molecule has 0 spiro atoms. The van der Waals surface area contributed by atoms with Crippen molar-refractivity contribution in [1.82, 2.24) is 45.5 Å². The topological polar surface area (TPSA) is 224 Å². The molecule has 16 nitrogen and oxygen atoms in total. The van der Waals surface area contributed by atoms with E-state index in [1.54, 1.807) is 12.4 Å². The number of amides is 3. The van der Waals surface area contributed by atoms with Crippen LogP contribution in [0, 0.1) is 0 Å². The van der Waals surface area contributed by atoms with Crippen LogP contribution in [0.1, 0.15) is 22.4 Å². The van der Waals surface area contributed by atoms with Crippen LogP contribution in [-0.2, 0) is 40.2 Å². The number of alkyl carbamates (subject to hydrolysis) is 1. The lowest BCUT2D eigenvalue weighted by molar-refractivity contribution is -0.130. The third kappa shape index (κ3) is 9.17. The summed E-state index contributed by atoms with van der Waals surface area (Å²) in [7, 11) is 0. The summed E-state index contributed by atoms with van der Waals surface area (Å²) >= 11 is 0. The fourth-order valence-electron chi connectivity index (χ4n) is 6.36. The van der Waals surface area contributed by atoms with Crippen LogP contribution < -0.4 is 21.6 Å². The number of hydrogen-bond donors (Lipinski definition) is 7. The number of nitrogens with one attached hydrogen (secondary N) is 6. The van der Waals surface area contributed by atoms with Gasteiger partial charge in [-0.15, -0.1) is 0 Å². The number of nitrogens with zero attached hydrogens (tertiary/aromatic N) is 4. The fourth-order valence-corrected chi connectivity index (χ4v) is 6.36. The van der Waals surface area contributed by atoms with Crippen LogP contribution >= 0.6 is 0 Å². The van der Waals surface area contributed by atoms with Crippen LogP contribution in [0.2, 0.25) is 0 Å². The van der Waals surface area contributed by atoms with Gasteiger partial charge >= 0.3 is 11.8 Å². The van der Waals surface area contributed by atoms with Gasteiger partial charge in [-0.1, -0.05) is 66.7 Å². The van der Waals surface area contributed by atoms with E-state index in [4.69, 9.17) is 4.74 Å². The normalized spacial score (nSPS) is 13.0. The number of aromatic nitrogens is 6. The van der Waals surface area contributed by atoms with E-state index in [2.05, 4.69) is 46.0 Å². The van der Waals surface area contributed by atoms with Gasteiger partial charge in [0.05, 0.1) is 24.1 Å². The summed E-state index contributed by atoms with van der Waals surface area (Å²) < 4.78 is 6.32.